The first-order valence-corrected chi connectivity index (χ1v) is 11.6. The summed E-state index contributed by atoms with van der Waals surface area (Å²) in [7, 11) is 4.34. The highest BCUT2D eigenvalue weighted by molar-refractivity contribution is 5.96. The molecule has 2 amide bonds. The molecule has 3 aromatic rings. The molecule has 3 heterocycles. The van der Waals surface area contributed by atoms with Gasteiger partial charge < -0.3 is 5.32 Å². The molecule has 6 nitrogen and oxygen atoms in total. The molecular weight excluding hydrogens is 410 g/mol. The molecule has 1 saturated carbocycles. The van der Waals surface area contributed by atoms with Gasteiger partial charge in [-0.05, 0) is 76.0 Å². The van der Waals surface area contributed by atoms with Crippen molar-refractivity contribution in [3.05, 3.63) is 78.1 Å². The van der Waals surface area contributed by atoms with Crippen molar-refractivity contribution in [1.29, 1.82) is 0 Å². The number of aryl methyl sites for hydroxylation is 1. The van der Waals surface area contributed by atoms with Gasteiger partial charge in [-0.25, -0.2) is 4.79 Å². The molecule has 2 aromatic heterocycles. The number of rotatable bonds is 4. The Kier molecular flexibility index (Phi) is 5.41. The second-order valence-corrected chi connectivity index (χ2v) is 9.66. The Bertz CT molecular complexity index is 1140. The number of carbonyl (C=O) groups excluding carboxylic acids is 1. The number of amides is 2. The number of nitrogens with one attached hydrogen (secondary N) is 1. The van der Waals surface area contributed by atoms with Crippen LogP contribution in [0.5, 0.6) is 0 Å². The van der Waals surface area contributed by atoms with E-state index in [9.17, 15) is 4.79 Å². The van der Waals surface area contributed by atoms with Crippen LogP contribution < -0.4 is 10.2 Å². The standard InChI is InChI=1S/C27H31N5O/c1-20-17-23(22-11-7-8-16-28-22)29-18-24(20)32-19-26(30-25(32)33)12-14-27(15-13-26,31(2)3)21-9-5-4-6-10-21/h4-11,16-18H,12-15,19H2,1-3H3,(H,30,33)/t26-,27-. The number of carbonyl (C=O) groups is 1. The van der Waals surface area contributed by atoms with E-state index in [-0.39, 0.29) is 17.1 Å². The maximum atomic E-state index is 13.1. The average Bonchev–Trinajstić information content (AvgIpc) is 3.16. The van der Waals surface area contributed by atoms with Crippen molar-refractivity contribution in [2.45, 2.75) is 43.7 Å². The summed E-state index contributed by atoms with van der Waals surface area (Å²) < 4.78 is 0. The molecule has 6 heteroatoms. The lowest BCUT2D eigenvalue weighted by Gasteiger charge is -2.48. The number of pyridine rings is 2. The zero-order valence-electron chi connectivity index (χ0n) is 19.6. The Labute approximate surface area is 195 Å². The highest BCUT2D eigenvalue weighted by Gasteiger charge is 2.50. The Hall–Kier alpha value is -3.25. The van der Waals surface area contributed by atoms with Crippen molar-refractivity contribution in [3.63, 3.8) is 0 Å². The number of urea groups is 1. The van der Waals surface area contributed by atoms with Crippen LogP contribution in [0.1, 0.15) is 36.8 Å². The SMILES string of the molecule is Cc1cc(-c2ccccn2)ncc1N1C[C@]2(CC[C@@](c3ccccc3)(N(C)C)CC2)NC1=O. The smallest absolute Gasteiger partial charge is 0.322 e. The van der Waals surface area contributed by atoms with Crippen LogP contribution in [0.15, 0.2) is 67.0 Å². The summed E-state index contributed by atoms with van der Waals surface area (Å²) in [5, 5.41) is 3.35. The van der Waals surface area contributed by atoms with Gasteiger partial charge in [0, 0.05) is 11.7 Å². The fourth-order valence-corrected chi connectivity index (χ4v) is 5.56. The summed E-state index contributed by atoms with van der Waals surface area (Å²) in [5.74, 6) is 0. The van der Waals surface area contributed by atoms with E-state index in [1.165, 1.54) is 5.56 Å². The maximum Gasteiger partial charge on any atom is 0.322 e. The summed E-state index contributed by atoms with van der Waals surface area (Å²) in [4.78, 5) is 26.3. The minimum atomic E-state index is -0.197. The van der Waals surface area contributed by atoms with Crippen LogP contribution in [0.25, 0.3) is 11.4 Å². The third-order valence-corrected chi connectivity index (χ3v) is 7.58. The molecule has 2 fully saturated rings. The maximum absolute atomic E-state index is 13.1. The van der Waals surface area contributed by atoms with E-state index >= 15 is 0 Å². The van der Waals surface area contributed by atoms with E-state index < -0.39 is 0 Å². The summed E-state index contributed by atoms with van der Waals surface area (Å²) in [6.45, 7) is 2.71. The topological polar surface area (TPSA) is 61.4 Å². The first-order chi connectivity index (χ1) is 15.9. The lowest BCUT2D eigenvalue weighted by atomic mass is 9.69. The van der Waals surface area contributed by atoms with Gasteiger partial charge in [-0.15, -0.1) is 0 Å². The van der Waals surface area contributed by atoms with Crippen LogP contribution in [0.2, 0.25) is 0 Å². The van der Waals surface area contributed by atoms with Crippen LogP contribution in [0.3, 0.4) is 0 Å². The largest absolute Gasteiger partial charge is 0.330 e. The van der Waals surface area contributed by atoms with Crippen LogP contribution in [0, 0.1) is 6.92 Å². The zero-order chi connectivity index (χ0) is 23.1. The predicted molar refractivity (Wildman–Crippen MR) is 131 cm³/mol. The monoisotopic (exact) mass is 441 g/mol. The van der Waals surface area contributed by atoms with E-state index in [1.807, 2.05) is 42.3 Å². The molecule has 1 aliphatic heterocycles. The summed E-state index contributed by atoms with van der Waals surface area (Å²) >= 11 is 0. The average molecular weight is 442 g/mol. The van der Waals surface area contributed by atoms with Crippen LogP contribution in [0.4, 0.5) is 10.5 Å². The number of benzene rings is 1. The molecule has 1 aromatic carbocycles. The number of aromatic nitrogens is 2. The molecule has 1 N–H and O–H groups in total. The first-order valence-electron chi connectivity index (χ1n) is 11.6. The third-order valence-electron chi connectivity index (χ3n) is 7.58. The first kappa shape index (κ1) is 21.6. The van der Waals surface area contributed by atoms with Gasteiger partial charge in [0.25, 0.3) is 0 Å². The molecule has 1 aliphatic carbocycles. The summed E-state index contributed by atoms with van der Waals surface area (Å²) in [5.41, 5.74) is 4.72. The van der Waals surface area contributed by atoms with Gasteiger partial charge >= 0.3 is 6.03 Å². The van der Waals surface area contributed by atoms with E-state index in [1.54, 1.807) is 6.20 Å². The van der Waals surface area contributed by atoms with Gasteiger partial charge in [0.05, 0.1) is 35.4 Å². The van der Waals surface area contributed by atoms with Crippen molar-refractivity contribution in [2.24, 2.45) is 0 Å². The normalized spacial score (nSPS) is 25.0. The Morgan fingerprint density at radius 1 is 0.939 bits per heavy atom. The Morgan fingerprint density at radius 2 is 1.67 bits per heavy atom. The lowest BCUT2D eigenvalue weighted by molar-refractivity contribution is 0.0658. The van der Waals surface area contributed by atoms with Gasteiger partial charge in [-0.3, -0.25) is 19.8 Å². The van der Waals surface area contributed by atoms with Crippen molar-refractivity contribution in [3.8, 4) is 11.4 Å². The van der Waals surface area contributed by atoms with Crippen molar-refractivity contribution < 1.29 is 4.79 Å². The van der Waals surface area contributed by atoms with Crippen molar-refractivity contribution in [2.75, 3.05) is 25.5 Å². The van der Waals surface area contributed by atoms with Crippen LogP contribution >= 0.6 is 0 Å². The highest BCUT2D eigenvalue weighted by Crippen LogP contribution is 2.46. The minimum absolute atomic E-state index is 0.00641. The van der Waals surface area contributed by atoms with Gasteiger partial charge in [-0.2, -0.15) is 0 Å². The van der Waals surface area contributed by atoms with Gasteiger partial charge in [-0.1, -0.05) is 36.4 Å². The molecule has 0 atom stereocenters. The van der Waals surface area contributed by atoms with Gasteiger partial charge in [0.15, 0.2) is 0 Å². The number of nitrogens with zero attached hydrogens (tertiary/aromatic N) is 4. The molecule has 0 bridgehead atoms. The Morgan fingerprint density at radius 3 is 2.30 bits per heavy atom. The molecule has 5 rings (SSSR count). The summed E-state index contributed by atoms with van der Waals surface area (Å²) in [6.07, 6.45) is 7.49. The van der Waals surface area contributed by atoms with E-state index in [0.29, 0.717) is 6.54 Å². The molecular formula is C27H31N5O. The second kappa shape index (κ2) is 8.27. The van der Waals surface area contributed by atoms with Gasteiger partial charge in [0.1, 0.15) is 0 Å². The molecule has 0 radical (unpaired) electrons. The number of hydrogen-bond acceptors (Lipinski definition) is 4. The van der Waals surface area contributed by atoms with Crippen molar-refractivity contribution >= 4 is 11.7 Å². The van der Waals surface area contributed by atoms with E-state index in [2.05, 4.69) is 64.6 Å². The fourth-order valence-electron chi connectivity index (χ4n) is 5.56. The van der Waals surface area contributed by atoms with E-state index in [4.69, 9.17) is 0 Å². The zero-order valence-corrected chi connectivity index (χ0v) is 19.6. The lowest BCUT2D eigenvalue weighted by Crippen LogP contribution is -2.54. The molecule has 33 heavy (non-hydrogen) atoms. The van der Waals surface area contributed by atoms with Crippen LogP contribution in [-0.4, -0.2) is 47.1 Å². The minimum Gasteiger partial charge on any atom is -0.330 e. The molecule has 1 saturated heterocycles. The predicted octanol–water partition coefficient (Wildman–Crippen LogP) is 4.75. The molecule has 170 valence electrons. The van der Waals surface area contributed by atoms with E-state index in [0.717, 1.165) is 48.3 Å². The highest BCUT2D eigenvalue weighted by atomic mass is 16.2. The number of anilines is 1. The third kappa shape index (κ3) is 3.78. The van der Waals surface area contributed by atoms with Gasteiger partial charge in [0.2, 0.25) is 0 Å². The number of hydrogen-bond donors (Lipinski definition) is 1. The Balaban J connectivity index is 1.36. The molecule has 2 aliphatic rings. The molecule has 0 unspecified atom stereocenters. The second-order valence-electron chi connectivity index (χ2n) is 9.66. The van der Waals surface area contributed by atoms with Crippen LogP contribution in [-0.2, 0) is 5.54 Å². The van der Waals surface area contributed by atoms with Crippen molar-refractivity contribution in [1.82, 2.24) is 20.2 Å². The fraction of sp³-hybridized carbons (Fsp3) is 0.370. The summed E-state index contributed by atoms with van der Waals surface area (Å²) in [6, 6.07) is 18.6. The quantitative estimate of drug-likeness (QED) is 0.635. The molecule has 1 spiro atoms.